The zero-order chi connectivity index (χ0) is 17.1. The molecule has 0 saturated heterocycles. The maximum atomic E-state index is 11.6. The molecule has 1 rings (SSSR count). The van der Waals surface area contributed by atoms with E-state index in [0.29, 0.717) is 19.0 Å². The van der Waals surface area contributed by atoms with Gasteiger partial charge >= 0.3 is 0 Å². The van der Waals surface area contributed by atoms with E-state index in [1.54, 1.807) is 14.2 Å². The first kappa shape index (κ1) is 22.5. The number of rotatable bonds is 8. The van der Waals surface area contributed by atoms with E-state index >= 15 is 0 Å². The number of hydrogen-bond acceptors (Lipinski definition) is 3. The van der Waals surface area contributed by atoms with E-state index in [1.165, 1.54) is 5.56 Å². The lowest BCUT2D eigenvalue weighted by atomic mass is 10.1. The predicted octanol–water partition coefficient (Wildman–Crippen LogP) is 1.86. The smallest absolute Gasteiger partial charge is 0.239 e. The normalized spacial score (nSPS) is 10.6. The van der Waals surface area contributed by atoms with Gasteiger partial charge in [0.2, 0.25) is 5.91 Å². The number of carbonyl (C=O) groups is 1. The second kappa shape index (κ2) is 12.9. The SMILES string of the molecule is CCCNC(=O)CNC(=NC)NCCc1cc(C)ccc1OC.I. The van der Waals surface area contributed by atoms with Crippen molar-refractivity contribution in [2.45, 2.75) is 26.7 Å². The number of benzene rings is 1. The van der Waals surface area contributed by atoms with Crippen LogP contribution in [0.4, 0.5) is 0 Å². The number of amides is 1. The zero-order valence-electron chi connectivity index (χ0n) is 14.9. The van der Waals surface area contributed by atoms with Gasteiger partial charge in [-0.15, -0.1) is 24.0 Å². The van der Waals surface area contributed by atoms with Crippen molar-refractivity contribution in [2.24, 2.45) is 4.99 Å². The molecule has 0 spiro atoms. The topological polar surface area (TPSA) is 74.8 Å². The molecule has 1 amide bonds. The quantitative estimate of drug-likeness (QED) is 0.323. The Bertz CT molecular complexity index is 535. The number of aryl methyl sites for hydroxylation is 1. The summed E-state index contributed by atoms with van der Waals surface area (Å²) in [7, 11) is 3.36. The summed E-state index contributed by atoms with van der Waals surface area (Å²) in [5.41, 5.74) is 2.35. The van der Waals surface area contributed by atoms with E-state index < -0.39 is 0 Å². The van der Waals surface area contributed by atoms with Crippen molar-refractivity contribution >= 4 is 35.8 Å². The summed E-state index contributed by atoms with van der Waals surface area (Å²) in [6, 6.07) is 6.13. The first-order valence-electron chi connectivity index (χ1n) is 7.95. The van der Waals surface area contributed by atoms with Crippen molar-refractivity contribution in [3.63, 3.8) is 0 Å². The Balaban J connectivity index is 0.00000529. The molecule has 0 aliphatic carbocycles. The van der Waals surface area contributed by atoms with Gasteiger partial charge in [0.15, 0.2) is 5.96 Å². The molecule has 0 aromatic heterocycles. The molecule has 0 saturated carbocycles. The summed E-state index contributed by atoms with van der Waals surface area (Å²) in [6.45, 7) is 5.70. The van der Waals surface area contributed by atoms with E-state index in [9.17, 15) is 4.79 Å². The van der Waals surface area contributed by atoms with Gasteiger partial charge in [-0.05, 0) is 31.4 Å². The molecule has 0 radical (unpaired) electrons. The van der Waals surface area contributed by atoms with Crippen molar-refractivity contribution in [3.05, 3.63) is 29.3 Å². The first-order chi connectivity index (χ1) is 11.1. The summed E-state index contributed by atoms with van der Waals surface area (Å²) in [5.74, 6) is 1.47. The van der Waals surface area contributed by atoms with Crippen LogP contribution in [0.1, 0.15) is 24.5 Å². The number of ether oxygens (including phenoxy) is 1. The van der Waals surface area contributed by atoms with Crippen LogP contribution in [0.2, 0.25) is 0 Å². The Morgan fingerprint density at radius 3 is 2.58 bits per heavy atom. The largest absolute Gasteiger partial charge is 0.496 e. The molecule has 136 valence electrons. The monoisotopic (exact) mass is 448 g/mol. The van der Waals surface area contributed by atoms with Gasteiger partial charge in [-0.3, -0.25) is 9.79 Å². The highest BCUT2D eigenvalue weighted by Crippen LogP contribution is 2.19. The molecule has 6 nitrogen and oxygen atoms in total. The number of nitrogens with one attached hydrogen (secondary N) is 3. The predicted molar refractivity (Wildman–Crippen MR) is 110 cm³/mol. The lowest BCUT2D eigenvalue weighted by Crippen LogP contribution is -2.43. The van der Waals surface area contributed by atoms with Crippen molar-refractivity contribution in [1.29, 1.82) is 0 Å². The van der Waals surface area contributed by atoms with Crippen molar-refractivity contribution in [1.82, 2.24) is 16.0 Å². The van der Waals surface area contributed by atoms with Gasteiger partial charge < -0.3 is 20.7 Å². The molecule has 0 aliphatic rings. The van der Waals surface area contributed by atoms with E-state index in [2.05, 4.69) is 33.9 Å². The third-order valence-electron chi connectivity index (χ3n) is 3.33. The standard InChI is InChI=1S/C17H28N4O2.HI/c1-5-9-19-16(22)12-21-17(18-3)20-10-8-14-11-13(2)6-7-15(14)23-4;/h6-7,11H,5,8-10,12H2,1-4H3,(H,19,22)(H2,18,20,21);1H. The van der Waals surface area contributed by atoms with Gasteiger partial charge in [0.05, 0.1) is 13.7 Å². The van der Waals surface area contributed by atoms with Crippen LogP contribution in [0.3, 0.4) is 0 Å². The molecule has 1 aromatic carbocycles. The summed E-state index contributed by atoms with van der Waals surface area (Å²) in [4.78, 5) is 15.7. The molecule has 0 fully saturated rings. The van der Waals surface area contributed by atoms with Crippen LogP contribution in [0.5, 0.6) is 5.75 Å². The number of halogens is 1. The molecule has 7 heteroatoms. The average molecular weight is 448 g/mol. The minimum absolute atomic E-state index is 0. The van der Waals surface area contributed by atoms with Crippen molar-refractivity contribution in [3.8, 4) is 5.75 Å². The third-order valence-corrected chi connectivity index (χ3v) is 3.33. The summed E-state index contributed by atoms with van der Waals surface area (Å²) >= 11 is 0. The highest BCUT2D eigenvalue weighted by atomic mass is 127. The molecule has 0 heterocycles. The van der Waals surface area contributed by atoms with E-state index in [1.807, 2.05) is 19.1 Å². The minimum Gasteiger partial charge on any atom is -0.496 e. The number of hydrogen-bond donors (Lipinski definition) is 3. The fourth-order valence-corrected chi connectivity index (χ4v) is 2.13. The molecule has 0 bridgehead atoms. The number of nitrogens with zero attached hydrogens (tertiary/aromatic N) is 1. The van der Waals surface area contributed by atoms with E-state index in [-0.39, 0.29) is 36.4 Å². The highest BCUT2D eigenvalue weighted by molar-refractivity contribution is 14.0. The van der Waals surface area contributed by atoms with Crippen LogP contribution in [0.15, 0.2) is 23.2 Å². The number of carbonyl (C=O) groups excluding carboxylic acids is 1. The molecule has 1 aromatic rings. The highest BCUT2D eigenvalue weighted by Gasteiger charge is 2.05. The molecular formula is C17H29IN4O2. The second-order valence-corrected chi connectivity index (χ2v) is 5.27. The maximum absolute atomic E-state index is 11.6. The van der Waals surface area contributed by atoms with Crippen LogP contribution in [-0.4, -0.2) is 45.7 Å². The Labute approximate surface area is 161 Å². The van der Waals surface area contributed by atoms with Gasteiger partial charge in [-0.25, -0.2) is 0 Å². The zero-order valence-corrected chi connectivity index (χ0v) is 17.3. The molecule has 0 unspecified atom stereocenters. The minimum atomic E-state index is -0.0323. The molecule has 0 atom stereocenters. The molecule has 24 heavy (non-hydrogen) atoms. The van der Waals surface area contributed by atoms with E-state index in [4.69, 9.17) is 4.74 Å². The van der Waals surface area contributed by atoms with Crippen LogP contribution in [-0.2, 0) is 11.2 Å². The summed E-state index contributed by atoms with van der Waals surface area (Å²) in [5, 5.41) is 9.02. The summed E-state index contributed by atoms with van der Waals surface area (Å²) < 4.78 is 5.37. The Morgan fingerprint density at radius 1 is 1.21 bits per heavy atom. The summed E-state index contributed by atoms with van der Waals surface area (Å²) in [6.07, 6.45) is 1.74. The molecule has 3 N–H and O–H groups in total. The lowest BCUT2D eigenvalue weighted by molar-refractivity contribution is -0.120. The fraction of sp³-hybridized carbons (Fsp3) is 0.529. The Hall–Kier alpha value is -1.51. The Morgan fingerprint density at radius 2 is 1.96 bits per heavy atom. The van der Waals surface area contributed by atoms with Gasteiger partial charge in [-0.1, -0.05) is 24.6 Å². The number of methoxy groups -OCH3 is 1. The Kier molecular flexibility index (Phi) is 12.0. The fourth-order valence-electron chi connectivity index (χ4n) is 2.13. The van der Waals surface area contributed by atoms with Gasteiger partial charge in [0.25, 0.3) is 0 Å². The maximum Gasteiger partial charge on any atom is 0.239 e. The van der Waals surface area contributed by atoms with Gasteiger partial charge in [0.1, 0.15) is 5.75 Å². The van der Waals surface area contributed by atoms with Crippen LogP contribution >= 0.6 is 24.0 Å². The third kappa shape index (κ3) is 8.37. The van der Waals surface area contributed by atoms with Crippen LogP contribution < -0.4 is 20.7 Å². The van der Waals surface area contributed by atoms with Crippen molar-refractivity contribution in [2.75, 3.05) is 33.8 Å². The number of guanidine groups is 1. The van der Waals surface area contributed by atoms with Crippen molar-refractivity contribution < 1.29 is 9.53 Å². The number of aliphatic imine (C=N–C) groups is 1. The lowest BCUT2D eigenvalue weighted by Gasteiger charge is -2.13. The second-order valence-electron chi connectivity index (χ2n) is 5.27. The van der Waals surface area contributed by atoms with Gasteiger partial charge in [0, 0.05) is 20.1 Å². The van der Waals surface area contributed by atoms with Gasteiger partial charge in [-0.2, -0.15) is 0 Å². The molecular weight excluding hydrogens is 419 g/mol. The van der Waals surface area contributed by atoms with E-state index in [0.717, 1.165) is 24.2 Å². The molecule has 0 aliphatic heterocycles. The first-order valence-corrected chi connectivity index (χ1v) is 7.95. The van der Waals surface area contributed by atoms with Crippen LogP contribution in [0.25, 0.3) is 0 Å². The van der Waals surface area contributed by atoms with Crippen LogP contribution in [0, 0.1) is 6.92 Å². The average Bonchev–Trinajstić information content (AvgIpc) is 2.56.